The number of nitrogens with two attached hydrogens (primary N) is 1. The predicted octanol–water partition coefficient (Wildman–Crippen LogP) is 5.09. The number of hydrogen-bond donors (Lipinski definition) is 1. The van der Waals surface area contributed by atoms with Crippen molar-refractivity contribution in [2.45, 2.75) is 53.5 Å². The average molecular weight is 488 g/mol. The van der Waals surface area contributed by atoms with E-state index < -0.39 is 0 Å². The topological polar surface area (TPSA) is 85.6 Å². The molecule has 0 aliphatic carbocycles. The Bertz CT molecular complexity index is 1400. The molecule has 0 bridgehead atoms. The van der Waals surface area contributed by atoms with Crippen LogP contribution >= 0.6 is 0 Å². The maximum absolute atomic E-state index is 13.3. The lowest BCUT2D eigenvalue weighted by Crippen LogP contribution is -2.34. The van der Waals surface area contributed by atoms with Gasteiger partial charge in [0.15, 0.2) is 0 Å². The lowest BCUT2D eigenvalue weighted by Gasteiger charge is -2.22. The number of amidine groups is 1. The van der Waals surface area contributed by atoms with Crippen molar-refractivity contribution in [3.8, 4) is 11.3 Å². The summed E-state index contributed by atoms with van der Waals surface area (Å²) in [4.78, 5) is 32.9. The molecule has 7 heteroatoms. The molecule has 36 heavy (non-hydrogen) atoms. The zero-order valence-corrected chi connectivity index (χ0v) is 22.0. The summed E-state index contributed by atoms with van der Waals surface area (Å²) >= 11 is 0. The minimum atomic E-state index is 0.0230. The molecule has 4 rings (SSSR count). The third-order valence-electron chi connectivity index (χ3n) is 6.59. The Morgan fingerprint density at radius 1 is 1.14 bits per heavy atom. The van der Waals surface area contributed by atoms with E-state index in [1.807, 2.05) is 59.1 Å². The van der Waals surface area contributed by atoms with Crippen LogP contribution in [0.2, 0.25) is 0 Å². The molecule has 0 radical (unpaired) electrons. The average Bonchev–Trinajstić information content (AvgIpc) is 3.07. The lowest BCUT2D eigenvalue weighted by molar-refractivity contribution is -0.127. The van der Waals surface area contributed by atoms with Gasteiger partial charge in [0.2, 0.25) is 5.91 Å². The van der Waals surface area contributed by atoms with Crippen molar-refractivity contribution in [1.82, 2.24) is 14.0 Å². The Labute approximate surface area is 212 Å². The van der Waals surface area contributed by atoms with Crippen molar-refractivity contribution in [3.05, 3.63) is 58.0 Å². The summed E-state index contributed by atoms with van der Waals surface area (Å²) in [5.74, 6) is 0.837. The summed E-state index contributed by atoms with van der Waals surface area (Å²) in [5.41, 5.74) is 11.3. The number of aryl methyl sites for hydroxylation is 1. The second-order valence-corrected chi connectivity index (χ2v) is 10.1. The Balaban J connectivity index is 1.75. The van der Waals surface area contributed by atoms with Gasteiger partial charge < -0.3 is 19.8 Å². The van der Waals surface area contributed by atoms with Gasteiger partial charge in [-0.15, -0.1) is 0 Å². The van der Waals surface area contributed by atoms with Crippen LogP contribution in [0.15, 0.2) is 51.9 Å². The summed E-state index contributed by atoms with van der Waals surface area (Å²) in [6.07, 6.45) is 5.96. The number of pyridine rings is 1. The zero-order valence-electron chi connectivity index (χ0n) is 22.0. The van der Waals surface area contributed by atoms with Crippen LogP contribution in [-0.4, -0.2) is 38.9 Å². The highest BCUT2D eigenvalue weighted by molar-refractivity contribution is 6.05. The molecule has 1 aromatic carbocycles. The number of fused-ring (bicyclic) bond motifs is 2. The SMILES string of the molecule is CCCN(CCC)C(=O)C1=Cc2ccc(-c3cc4c(=O)n(CC(C)C)ccc4n3C)cc2N=C(N)C1. The highest BCUT2D eigenvalue weighted by Gasteiger charge is 2.21. The fourth-order valence-electron chi connectivity index (χ4n) is 4.93. The molecule has 2 N–H and O–H groups in total. The molecule has 0 unspecified atom stereocenters. The van der Waals surface area contributed by atoms with E-state index in [1.54, 1.807) is 4.57 Å². The first kappa shape index (κ1) is 25.5. The predicted molar refractivity (Wildman–Crippen MR) is 148 cm³/mol. The van der Waals surface area contributed by atoms with Gasteiger partial charge in [-0.2, -0.15) is 0 Å². The molecule has 3 aromatic rings. The standard InChI is InChI=1S/C29H37N5O2/c1-6-11-33(12-7-2)28(35)22-14-20-8-9-21(15-24(20)31-27(30)16-22)26-17-23-25(32(26)5)10-13-34(29(23)36)18-19(3)4/h8-10,13-15,17,19H,6-7,11-12,16,18H2,1-5H3,(H2,30,31). The van der Waals surface area contributed by atoms with Crippen LogP contribution in [0, 0.1) is 5.92 Å². The van der Waals surface area contributed by atoms with Crippen molar-refractivity contribution < 1.29 is 4.79 Å². The number of carbonyl (C=O) groups is 1. The van der Waals surface area contributed by atoms with E-state index in [4.69, 9.17) is 5.73 Å². The second-order valence-electron chi connectivity index (χ2n) is 10.1. The smallest absolute Gasteiger partial charge is 0.260 e. The van der Waals surface area contributed by atoms with E-state index in [0.29, 0.717) is 35.7 Å². The van der Waals surface area contributed by atoms with Crippen molar-refractivity contribution in [2.24, 2.45) is 23.7 Å². The van der Waals surface area contributed by atoms with Crippen molar-refractivity contribution in [2.75, 3.05) is 13.1 Å². The van der Waals surface area contributed by atoms with Crippen LogP contribution in [0.3, 0.4) is 0 Å². The largest absolute Gasteiger partial charge is 0.387 e. The van der Waals surface area contributed by atoms with E-state index in [9.17, 15) is 9.59 Å². The molecule has 0 atom stereocenters. The monoisotopic (exact) mass is 487 g/mol. The molecular formula is C29H37N5O2. The first-order chi connectivity index (χ1) is 17.2. The molecule has 1 amide bonds. The number of nitrogens with zero attached hydrogens (tertiary/aromatic N) is 4. The van der Waals surface area contributed by atoms with Gasteiger partial charge in [-0.3, -0.25) is 9.59 Å². The number of aliphatic imine (C=N–C) groups is 1. The van der Waals surface area contributed by atoms with Gasteiger partial charge >= 0.3 is 0 Å². The van der Waals surface area contributed by atoms with Crippen molar-refractivity contribution in [1.29, 1.82) is 0 Å². The highest BCUT2D eigenvalue weighted by Crippen LogP contribution is 2.33. The molecule has 0 saturated carbocycles. The number of aromatic nitrogens is 2. The van der Waals surface area contributed by atoms with Gasteiger partial charge in [-0.05, 0) is 43.0 Å². The lowest BCUT2D eigenvalue weighted by atomic mass is 10.0. The molecule has 0 spiro atoms. The molecule has 3 heterocycles. The molecule has 2 aromatic heterocycles. The fraction of sp³-hybridized carbons (Fsp3) is 0.414. The molecule has 0 saturated heterocycles. The molecule has 190 valence electrons. The van der Waals surface area contributed by atoms with Gasteiger partial charge in [0.05, 0.1) is 16.6 Å². The fourth-order valence-corrected chi connectivity index (χ4v) is 4.93. The zero-order chi connectivity index (χ0) is 26.0. The van der Waals surface area contributed by atoms with E-state index in [1.165, 1.54) is 0 Å². The first-order valence-electron chi connectivity index (χ1n) is 12.9. The summed E-state index contributed by atoms with van der Waals surface area (Å²) < 4.78 is 3.82. The number of hydrogen-bond acceptors (Lipinski definition) is 4. The van der Waals surface area contributed by atoms with Crippen LogP contribution in [-0.2, 0) is 18.4 Å². The Hall–Kier alpha value is -3.61. The molecule has 1 aliphatic rings. The summed E-state index contributed by atoms with van der Waals surface area (Å²) in [6, 6.07) is 9.95. The van der Waals surface area contributed by atoms with E-state index >= 15 is 0 Å². The van der Waals surface area contributed by atoms with E-state index in [0.717, 1.165) is 54.0 Å². The van der Waals surface area contributed by atoms with Gasteiger partial charge in [0.1, 0.15) is 5.84 Å². The summed E-state index contributed by atoms with van der Waals surface area (Å²) in [6.45, 7) is 10.5. The van der Waals surface area contributed by atoms with Crippen molar-refractivity contribution >= 4 is 34.4 Å². The number of amides is 1. The third-order valence-corrected chi connectivity index (χ3v) is 6.59. The maximum Gasteiger partial charge on any atom is 0.260 e. The van der Waals surface area contributed by atoms with Gasteiger partial charge in [-0.1, -0.05) is 39.8 Å². The number of carbonyl (C=O) groups excluding carboxylic acids is 1. The third kappa shape index (κ3) is 5.01. The van der Waals surface area contributed by atoms with Gasteiger partial charge in [0, 0.05) is 61.7 Å². The number of benzene rings is 1. The minimum absolute atomic E-state index is 0.0230. The second kappa shape index (κ2) is 10.6. The number of rotatable bonds is 8. The molecule has 0 fully saturated rings. The molecule has 1 aliphatic heterocycles. The Morgan fingerprint density at radius 3 is 2.53 bits per heavy atom. The maximum atomic E-state index is 13.3. The van der Waals surface area contributed by atoms with Crippen LogP contribution in [0.1, 0.15) is 52.5 Å². The molecule has 7 nitrogen and oxygen atoms in total. The van der Waals surface area contributed by atoms with Crippen LogP contribution in [0.25, 0.3) is 28.2 Å². The van der Waals surface area contributed by atoms with Gasteiger partial charge in [-0.25, -0.2) is 4.99 Å². The summed E-state index contributed by atoms with van der Waals surface area (Å²) in [7, 11) is 1.97. The van der Waals surface area contributed by atoms with E-state index in [-0.39, 0.29) is 11.5 Å². The molecular weight excluding hydrogens is 450 g/mol. The van der Waals surface area contributed by atoms with Crippen molar-refractivity contribution in [3.63, 3.8) is 0 Å². The minimum Gasteiger partial charge on any atom is -0.387 e. The van der Waals surface area contributed by atoms with Crippen LogP contribution in [0.4, 0.5) is 5.69 Å². The van der Waals surface area contributed by atoms with Gasteiger partial charge in [0.25, 0.3) is 5.56 Å². The highest BCUT2D eigenvalue weighted by atomic mass is 16.2. The summed E-state index contributed by atoms with van der Waals surface area (Å²) in [5, 5.41) is 0.702. The quantitative estimate of drug-likeness (QED) is 0.480. The van der Waals surface area contributed by atoms with E-state index in [2.05, 4.69) is 32.7 Å². The normalized spacial score (nSPS) is 13.4. The van der Waals surface area contributed by atoms with Crippen LogP contribution in [0.5, 0.6) is 0 Å². The Kier molecular flexibility index (Phi) is 7.48. The van der Waals surface area contributed by atoms with Crippen LogP contribution < -0.4 is 11.3 Å². The Morgan fingerprint density at radius 2 is 1.86 bits per heavy atom. The first-order valence-corrected chi connectivity index (χ1v) is 12.9.